The van der Waals surface area contributed by atoms with Crippen LogP contribution >= 0.6 is 0 Å². The molecular formula is C21H26N4O3. The van der Waals surface area contributed by atoms with E-state index in [1.807, 2.05) is 0 Å². The van der Waals surface area contributed by atoms with Crippen molar-refractivity contribution in [1.29, 1.82) is 5.26 Å². The zero-order valence-corrected chi connectivity index (χ0v) is 15.8. The minimum absolute atomic E-state index is 0.0599. The van der Waals surface area contributed by atoms with Crippen molar-refractivity contribution >= 4 is 11.9 Å². The number of anilines is 1. The Morgan fingerprint density at radius 1 is 1.32 bits per heavy atom. The molecule has 5 unspecified atom stereocenters. The van der Waals surface area contributed by atoms with Crippen LogP contribution in [0.1, 0.15) is 44.1 Å². The Bertz CT molecular complexity index is 821. The van der Waals surface area contributed by atoms with Crippen LogP contribution in [0.3, 0.4) is 0 Å². The lowest BCUT2D eigenvalue weighted by Crippen LogP contribution is -2.61. The SMILES string of the molecule is N#Cc1cccnc1NC1CCN(C(=O)O)[C@@H]1C1C2CC3C[C@H]1CC(O)(C3)C2. The molecule has 4 aliphatic carbocycles. The van der Waals surface area contributed by atoms with E-state index in [1.54, 1.807) is 23.2 Å². The fourth-order valence-corrected chi connectivity index (χ4v) is 7.04. The van der Waals surface area contributed by atoms with Crippen LogP contribution in [-0.2, 0) is 0 Å². The second-order valence-corrected chi connectivity index (χ2v) is 9.29. The molecule has 1 aromatic rings. The van der Waals surface area contributed by atoms with E-state index in [0.29, 0.717) is 42.1 Å². The van der Waals surface area contributed by atoms with Gasteiger partial charge in [0.15, 0.2) is 0 Å². The highest BCUT2D eigenvalue weighted by Crippen LogP contribution is 2.60. The van der Waals surface area contributed by atoms with Crippen molar-refractivity contribution in [2.75, 3.05) is 11.9 Å². The van der Waals surface area contributed by atoms with Crippen LogP contribution in [0.25, 0.3) is 0 Å². The molecule has 5 aliphatic rings. The number of aliphatic hydroxyl groups is 1. The van der Waals surface area contributed by atoms with Gasteiger partial charge >= 0.3 is 6.09 Å². The molecule has 3 N–H and O–H groups in total. The lowest BCUT2D eigenvalue weighted by atomic mass is 9.48. The van der Waals surface area contributed by atoms with Crippen molar-refractivity contribution in [2.45, 2.75) is 56.2 Å². The monoisotopic (exact) mass is 382 g/mol. The van der Waals surface area contributed by atoms with Crippen molar-refractivity contribution in [3.8, 4) is 6.07 Å². The number of amides is 1. The summed E-state index contributed by atoms with van der Waals surface area (Å²) in [5.74, 6) is 2.15. The first kappa shape index (κ1) is 17.7. The van der Waals surface area contributed by atoms with E-state index in [9.17, 15) is 20.3 Å². The summed E-state index contributed by atoms with van der Waals surface area (Å²) in [6.07, 6.45) is 6.22. The molecule has 4 saturated carbocycles. The molecule has 1 aliphatic heterocycles. The summed E-state index contributed by atoms with van der Waals surface area (Å²) in [7, 11) is 0. The molecule has 4 bridgehead atoms. The number of carbonyl (C=O) groups is 1. The number of hydrogen-bond donors (Lipinski definition) is 3. The number of hydrogen-bond acceptors (Lipinski definition) is 5. The molecular weight excluding hydrogens is 356 g/mol. The average Bonchev–Trinajstić information content (AvgIpc) is 3.04. The Kier molecular flexibility index (Phi) is 4.02. The maximum absolute atomic E-state index is 12.0. The van der Waals surface area contributed by atoms with Gasteiger partial charge in [-0.2, -0.15) is 5.26 Å². The zero-order valence-electron chi connectivity index (χ0n) is 15.8. The van der Waals surface area contributed by atoms with Crippen LogP contribution in [0.5, 0.6) is 0 Å². The first-order chi connectivity index (χ1) is 13.5. The molecule has 0 radical (unpaired) electrons. The summed E-state index contributed by atoms with van der Waals surface area (Å²) in [5, 5.41) is 33.6. The number of carboxylic acid groups (broad SMARTS) is 1. The molecule has 0 spiro atoms. The van der Waals surface area contributed by atoms with Gasteiger partial charge in [0.05, 0.1) is 23.2 Å². The fraction of sp³-hybridized carbons (Fsp3) is 0.667. The molecule has 148 valence electrons. The molecule has 7 atom stereocenters. The highest BCUT2D eigenvalue weighted by atomic mass is 16.4. The van der Waals surface area contributed by atoms with Crippen LogP contribution in [0.4, 0.5) is 10.6 Å². The average molecular weight is 382 g/mol. The summed E-state index contributed by atoms with van der Waals surface area (Å²) in [4.78, 5) is 17.9. The van der Waals surface area contributed by atoms with Gasteiger partial charge in [0.1, 0.15) is 11.9 Å². The Morgan fingerprint density at radius 3 is 2.71 bits per heavy atom. The molecule has 28 heavy (non-hydrogen) atoms. The fourth-order valence-electron chi connectivity index (χ4n) is 7.04. The Morgan fingerprint density at radius 2 is 2.07 bits per heavy atom. The first-order valence-electron chi connectivity index (χ1n) is 10.3. The van der Waals surface area contributed by atoms with Crippen LogP contribution in [0.2, 0.25) is 0 Å². The topological polar surface area (TPSA) is 109 Å². The summed E-state index contributed by atoms with van der Waals surface area (Å²) in [6, 6.07) is 5.43. The van der Waals surface area contributed by atoms with Gasteiger partial charge in [-0.25, -0.2) is 9.78 Å². The van der Waals surface area contributed by atoms with Gasteiger partial charge in [-0.05, 0) is 74.3 Å². The molecule has 6 rings (SSSR count). The third kappa shape index (κ3) is 2.74. The van der Waals surface area contributed by atoms with Gasteiger partial charge in [0.25, 0.3) is 0 Å². The maximum atomic E-state index is 12.0. The van der Waals surface area contributed by atoms with E-state index < -0.39 is 11.7 Å². The van der Waals surface area contributed by atoms with Crippen molar-refractivity contribution < 1.29 is 15.0 Å². The van der Waals surface area contributed by atoms with Crippen LogP contribution in [-0.4, -0.2) is 50.4 Å². The molecule has 7 nitrogen and oxygen atoms in total. The second-order valence-electron chi connectivity index (χ2n) is 9.29. The summed E-state index contributed by atoms with van der Waals surface area (Å²) >= 11 is 0. The molecule has 2 heterocycles. The summed E-state index contributed by atoms with van der Waals surface area (Å²) < 4.78 is 0. The summed E-state index contributed by atoms with van der Waals surface area (Å²) in [6.45, 7) is 0.496. The second kappa shape index (κ2) is 6.35. The van der Waals surface area contributed by atoms with Crippen molar-refractivity contribution in [3.63, 3.8) is 0 Å². The molecule has 5 fully saturated rings. The number of aromatic nitrogens is 1. The summed E-state index contributed by atoms with van der Waals surface area (Å²) in [5.41, 5.74) is -0.0493. The third-order valence-electron chi connectivity index (χ3n) is 7.66. The Balaban J connectivity index is 1.46. The minimum Gasteiger partial charge on any atom is -0.465 e. The van der Waals surface area contributed by atoms with Crippen molar-refractivity contribution in [1.82, 2.24) is 9.88 Å². The number of nitrogens with one attached hydrogen (secondary N) is 1. The predicted octanol–water partition coefficient (Wildman–Crippen LogP) is 2.67. The minimum atomic E-state index is -0.872. The van der Waals surface area contributed by atoms with Gasteiger partial charge in [0.2, 0.25) is 0 Å². The van der Waals surface area contributed by atoms with E-state index in [2.05, 4.69) is 16.4 Å². The predicted molar refractivity (Wildman–Crippen MR) is 101 cm³/mol. The number of nitriles is 1. The molecule has 1 aromatic heterocycles. The van der Waals surface area contributed by atoms with Crippen molar-refractivity contribution in [3.05, 3.63) is 23.9 Å². The van der Waals surface area contributed by atoms with Gasteiger partial charge in [-0.3, -0.25) is 0 Å². The molecule has 7 heteroatoms. The lowest BCUT2D eigenvalue weighted by Gasteiger charge is -2.60. The largest absolute Gasteiger partial charge is 0.465 e. The molecule has 1 saturated heterocycles. The Hall–Kier alpha value is -2.33. The van der Waals surface area contributed by atoms with Gasteiger partial charge in [0, 0.05) is 12.7 Å². The van der Waals surface area contributed by atoms with E-state index >= 15 is 0 Å². The standard InChI is InChI=1S/C21H26N4O3/c22-11-13-2-1-4-23-19(13)24-16-3-5-25(20(26)27)18(16)17-14-6-12-7-15(17)10-21(28,8-12)9-14/h1-2,4,12,14-18,28H,3,5-10H2,(H,23,24)(H,26,27)/t12?,14-,15?,16?,17?,18-,21?/m0/s1. The number of nitrogens with zero attached hydrogens (tertiary/aromatic N) is 3. The highest BCUT2D eigenvalue weighted by Gasteiger charge is 2.59. The first-order valence-corrected chi connectivity index (χ1v) is 10.3. The molecule has 0 aromatic carbocycles. The normalized spacial score (nSPS) is 41.1. The third-order valence-corrected chi connectivity index (χ3v) is 7.66. The zero-order chi connectivity index (χ0) is 19.5. The van der Waals surface area contributed by atoms with E-state index in [4.69, 9.17) is 0 Å². The van der Waals surface area contributed by atoms with Crippen LogP contribution < -0.4 is 5.32 Å². The van der Waals surface area contributed by atoms with Gasteiger partial charge in [-0.15, -0.1) is 0 Å². The molecule has 1 amide bonds. The Labute approximate surface area is 164 Å². The lowest BCUT2D eigenvalue weighted by molar-refractivity contribution is -0.162. The smallest absolute Gasteiger partial charge is 0.407 e. The highest BCUT2D eigenvalue weighted by molar-refractivity contribution is 5.66. The number of rotatable bonds is 3. The van der Waals surface area contributed by atoms with Gasteiger partial charge in [-0.1, -0.05) is 0 Å². The van der Waals surface area contributed by atoms with Crippen LogP contribution in [0, 0.1) is 35.0 Å². The van der Waals surface area contributed by atoms with Crippen LogP contribution in [0.15, 0.2) is 18.3 Å². The van der Waals surface area contributed by atoms with E-state index in [-0.39, 0.29) is 18.0 Å². The number of pyridine rings is 1. The van der Waals surface area contributed by atoms with Crippen molar-refractivity contribution in [2.24, 2.45) is 23.7 Å². The maximum Gasteiger partial charge on any atom is 0.407 e. The van der Waals surface area contributed by atoms with Gasteiger partial charge < -0.3 is 20.4 Å². The van der Waals surface area contributed by atoms with E-state index in [0.717, 1.165) is 32.1 Å². The quantitative estimate of drug-likeness (QED) is 0.741. The van der Waals surface area contributed by atoms with E-state index in [1.165, 1.54) is 0 Å². The number of likely N-dealkylation sites (tertiary alicyclic amines) is 1.